The Labute approximate surface area is 146 Å². The number of rotatable bonds is 3. The number of allylic oxidation sites excluding steroid dienone is 2. The van der Waals surface area contributed by atoms with E-state index in [0.717, 1.165) is 11.3 Å². The molecule has 25 heavy (non-hydrogen) atoms. The van der Waals surface area contributed by atoms with Gasteiger partial charge in [0.1, 0.15) is 12.4 Å². The lowest BCUT2D eigenvalue weighted by molar-refractivity contribution is 0.102. The largest absolute Gasteiger partial charge is 0.328 e. The lowest BCUT2D eigenvalue weighted by Gasteiger charge is -2.28. The fraction of sp³-hybridized carbons (Fsp3) is 0.150. The molecule has 0 aliphatic carbocycles. The summed E-state index contributed by atoms with van der Waals surface area (Å²) in [4.78, 5) is 17.5. The standard InChI is InChI=1S/C20H18N4O/c1-13-8-10-15(11-9-13)18-17(19(25)16-6-4-3-5-7-16)14(2)23-20-21-12-22-24(18)20/h3-12,18H,1-2H3,(H,21,22,23)/t18-/m1/s1. The van der Waals surface area contributed by atoms with E-state index in [1.807, 2.05) is 68.4 Å². The van der Waals surface area contributed by atoms with Crippen LogP contribution in [0, 0.1) is 6.92 Å². The molecule has 1 aromatic heterocycles. The van der Waals surface area contributed by atoms with E-state index in [2.05, 4.69) is 15.4 Å². The summed E-state index contributed by atoms with van der Waals surface area (Å²) in [5, 5.41) is 7.55. The van der Waals surface area contributed by atoms with Crippen LogP contribution in [-0.4, -0.2) is 20.5 Å². The van der Waals surface area contributed by atoms with Crippen molar-refractivity contribution in [3.8, 4) is 0 Å². The summed E-state index contributed by atoms with van der Waals surface area (Å²) in [6.07, 6.45) is 1.51. The first kappa shape index (κ1) is 15.3. The molecule has 0 bridgehead atoms. The van der Waals surface area contributed by atoms with Gasteiger partial charge in [-0.1, -0.05) is 60.2 Å². The van der Waals surface area contributed by atoms with E-state index in [0.29, 0.717) is 17.1 Å². The maximum absolute atomic E-state index is 13.2. The van der Waals surface area contributed by atoms with Crippen LogP contribution in [0.25, 0.3) is 0 Å². The highest BCUT2D eigenvalue weighted by atomic mass is 16.1. The number of aryl methyl sites for hydroxylation is 1. The number of anilines is 1. The van der Waals surface area contributed by atoms with Crippen LogP contribution >= 0.6 is 0 Å². The maximum Gasteiger partial charge on any atom is 0.226 e. The van der Waals surface area contributed by atoms with Crippen LogP contribution in [0.15, 0.2) is 72.2 Å². The Kier molecular flexibility index (Phi) is 3.69. The molecule has 0 fully saturated rings. The van der Waals surface area contributed by atoms with Crippen molar-refractivity contribution in [3.05, 3.63) is 88.9 Å². The molecule has 0 spiro atoms. The highest BCUT2D eigenvalue weighted by molar-refractivity contribution is 6.10. The van der Waals surface area contributed by atoms with Gasteiger partial charge < -0.3 is 5.32 Å². The molecular formula is C20H18N4O. The first-order valence-electron chi connectivity index (χ1n) is 8.19. The molecule has 1 N–H and O–H groups in total. The molecule has 5 nitrogen and oxygen atoms in total. The van der Waals surface area contributed by atoms with Gasteiger partial charge in [-0.2, -0.15) is 10.1 Å². The van der Waals surface area contributed by atoms with E-state index in [4.69, 9.17) is 0 Å². The molecule has 1 aliphatic heterocycles. The highest BCUT2D eigenvalue weighted by Crippen LogP contribution is 2.36. The third-order valence-corrected chi connectivity index (χ3v) is 4.47. The Bertz CT molecular complexity index is 955. The summed E-state index contributed by atoms with van der Waals surface area (Å²) in [6, 6.07) is 17.2. The number of carbonyl (C=O) groups is 1. The minimum atomic E-state index is -0.299. The zero-order chi connectivity index (χ0) is 17.4. The second-order valence-electron chi connectivity index (χ2n) is 6.20. The van der Waals surface area contributed by atoms with Crippen molar-refractivity contribution in [1.29, 1.82) is 0 Å². The lowest BCUT2D eigenvalue weighted by Crippen LogP contribution is -2.28. The summed E-state index contributed by atoms with van der Waals surface area (Å²) in [5.74, 6) is 0.644. The minimum Gasteiger partial charge on any atom is -0.328 e. The van der Waals surface area contributed by atoms with Gasteiger partial charge in [0.15, 0.2) is 5.78 Å². The number of nitrogens with zero attached hydrogens (tertiary/aromatic N) is 3. The molecule has 0 saturated carbocycles. The Morgan fingerprint density at radius 1 is 1.04 bits per heavy atom. The van der Waals surface area contributed by atoms with E-state index in [1.165, 1.54) is 11.9 Å². The van der Waals surface area contributed by atoms with Crippen LogP contribution in [0.3, 0.4) is 0 Å². The van der Waals surface area contributed by atoms with Crippen LogP contribution in [0.1, 0.15) is 34.5 Å². The molecule has 2 aromatic carbocycles. The second kappa shape index (κ2) is 6.02. The first-order chi connectivity index (χ1) is 12.1. The van der Waals surface area contributed by atoms with Crippen molar-refractivity contribution in [2.45, 2.75) is 19.9 Å². The zero-order valence-corrected chi connectivity index (χ0v) is 14.1. The van der Waals surface area contributed by atoms with Crippen LogP contribution in [0.5, 0.6) is 0 Å². The summed E-state index contributed by atoms with van der Waals surface area (Å²) < 4.78 is 1.77. The van der Waals surface area contributed by atoms with Gasteiger partial charge in [-0.05, 0) is 19.4 Å². The third-order valence-electron chi connectivity index (χ3n) is 4.47. The first-order valence-corrected chi connectivity index (χ1v) is 8.19. The highest BCUT2D eigenvalue weighted by Gasteiger charge is 2.33. The van der Waals surface area contributed by atoms with E-state index in [1.54, 1.807) is 4.68 Å². The Morgan fingerprint density at radius 2 is 1.76 bits per heavy atom. The minimum absolute atomic E-state index is 0.00248. The van der Waals surface area contributed by atoms with Crippen LogP contribution in [-0.2, 0) is 0 Å². The summed E-state index contributed by atoms with van der Waals surface area (Å²) >= 11 is 0. The van der Waals surface area contributed by atoms with E-state index < -0.39 is 0 Å². The normalized spacial score (nSPS) is 16.3. The van der Waals surface area contributed by atoms with Gasteiger partial charge in [0, 0.05) is 16.8 Å². The fourth-order valence-corrected chi connectivity index (χ4v) is 3.19. The van der Waals surface area contributed by atoms with Gasteiger partial charge in [-0.25, -0.2) is 4.68 Å². The summed E-state index contributed by atoms with van der Waals surface area (Å²) in [6.45, 7) is 3.96. The number of hydrogen-bond donors (Lipinski definition) is 1. The SMILES string of the molecule is CC1=C(C(=O)c2ccccc2)[C@@H](c2ccc(C)cc2)n2ncnc2N1. The van der Waals surface area contributed by atoms with Crippen molar-refractivity contribution in [3.63, 3.8) is 0 Å². The van der Waals surface area contributed by atoms with Crippen LogP contribution in [0.2, 0.25) is 0 Å². The number of nitrogens with one attached hydrogen (secondary N) is 1. The molecule has 0 unspecified atom stereocenters. The molecule has 1 aliphatic rings. The van der Waals surface area contributed by atoms with Crippen LogP contribution < -0.4 is 5.32 Å². The Balaban J connectivity index is 1.87. The molecule has 3 aromatic rings. The van der Waals surface area contributed by atoms with E-state index >= 15 is 0 Å². The molecule has 2 heterocycles. The predicted molar refractivity (Wildman–Crippen MR) is 96.4 cm³/mol. The average Bonchev–Trinajstić information content (AvgIpc) is 3.09. The molecular weight excluding hydrogens is 312 g/mol. The topological polar surface area (TPSA) is 59.8 Å². The molecule has 5 heteroatoms. The zero-order valence-electron chi connectivity index (χ0n) is 14.1. The quantitative estimate of drug-likeness (QED) is 0.743. The van der Waals surface area contributed by atoms with Gasteiger partial charge >= 0.3 is 0 Å². The molecule has 0 amide bonds. The molecule has 0 radical (unpaired) electrons. The predicted octanol–water partition coefficient (Wildman–Crippen LogP) is 3.76. The van der Waals surface area contributed by atoms with Gasteiger partial charge in [-0.3, -0.25) is 4.79 Å². The van der Waals surface area contributed by atoms with Gasteiger partial charge in [-0.15, -0.1) is 0 Å². The molecule has 1 atom stereocenters. The second-order valence-corrected chi connectivity index (χ2v) is 6.20. The Morgan fingerprint density at radius 3 is 2.48 bits per heavy atom. The fourth-order valence-electron chi connectivity index (χ4n) is 3.19. The number of benzene rings is 2. The number of ketones is 1. The van der Waals surface area contributed by atoms with Crippen molar-refractivity contribution in [2.75, 3.05) is 5.32 Å². The van der Waals surface area contributed by atoms with E-state index in [9.17, 15) is 4.79 Å². The number of aromatic nitrogens is 3. The lowest BCUT2D eigenvalue weighted by atomic mass is 9.89. The summed E-state index contributed by atoms with van der Waals surface area (Å²) in [5.41, 5.74) is 4.35. The van der Waals surface area contributed by atoms with Crippen molar-refractivity contribution in [2.24, 2.45) is 0 Å². The van der Waals surface area contributed by atoms with Gasteiger partial charge in [0.2, 0.25) is 5.95 Å². The molecule has 0 saturated heterocycles. The number of fused-ring (bicyclic) bond motifs is 1. The van der Waals surface area contributed by atoms with Gasteiger partial charge in [0.25, 0.3) is 0 Å². The molecule has 4 rings (SSSR count). The summed E-state index contributed by atoms with van der Waals surface area (Å²) in [7, 11) is 0. The number of Topliss-reactive ketones (excluding diaryl/α,β-unsaturated/α-hetero) is 1. The van der Waals surface area contributed by atoms with Crippen molar-refractivity contribution >= 4 is 11.7 Å². The third kappa shape index (κ3) is 2.63. The smallest absolute Gasteiger partial charge is 0.226 e. The Hall–Kier alpha value is -3.21. The molecule has 124 valence electrons. The number of carbonyl (C=O) groups excluding carboxylic acids is 1. The van der Waals surface area contributed by atoms with E-state index in [-0.39, 0.29) is 11.8 Å². The van der Waals surface area contributed by atoms with Crippen LogP contribution in [0.4, 0.5) is 5.95 Å². The maximum atomic E-state index is 13.2. The van der Waals surface area contributed by atoms with Gasteiger partial charge in [0.05, 0.1) is 0 Å². The van der Waals surface area contributed by atoms with Crippen molar-refractivity contribution < 1.29 is 4.79 Å². The number of hydrogen-bond acceptors (Lipinski definition) is 4. The van der Waals surface area contributed by atoms with Crippen molar-refractivity contribution in [1.82, 2.24) is 14.8 Å². The monoisotopic (exact) mass is 330 g/mol. The average molecular weight is 330 g/mol.